The van der Waals surface area contributed by atoms with Crippen molar-refractivity contribution in [2.75, 3.05) is 13.1 Å². The molecule has 0 aromatic carbocycles. The summed E-state index contributed by atoms with van der Waals surface area (Å²) in [6.07, 6.45) is 0.587. The maximum atomic E-state index is 12.6. The summed E-state index contributed by atoms with van der Waals surface area (Å²) in [4.78, 5) is 2.04. The van der Waals surface area contributed by atoms with Crippen LogP contribution in [-0.2, 0) is 13.1 Å². The fourth-order valence-corrected chi connectivity index (χ4v) is 2.79. The van der Waals surface area contributed by atoms with Gasteiger partial charge in [-0.1, -0.05) is 0 Å². The molecule has 2 aliphatic rings. The lowest BCUT2D eigenvalue weighted by Crippen LogP contribution is -2.38. The Kier molecular flexibility index (Phi) is 4.26. The van der Waals surface area contributed by atoms with Gasteiger partial charge in [-0.25, -0.2) is 0 Å². The summed E-state index contributed by atoms with van der Waals surface area (Å²) in [5.41, 5.74) is 1.11. The summed E-state index contributed by atoms with van der Waals surface area (Å²) in [6.45, 7) is 2.39. The van der Waals surface area contributed by atoms with Gasteiger partial charge in [-0.05, 0) is 44.8 Å². The molecule has 1 aliphatic carbocycles. The fraction of sp³-hybridized carbons (Fsp3) is 0.733. The normalized spacial score (nSPS) is 21.9. The molecule has 0 unspecified atom stereocenters. The number of nitrogens with one attached hydrogen (secondary N) is 1. The van der Waals surface area contributed by atoms with Gasteiger partial charge in [0.25, 0.3) is 0 Å². The van der Waals surface area contributed by atoms with E-state index < -0.39 is 12.1 Å². The van der Waals surface area contributed by atoms with E-state index in [1.54, 1.807) is 6.26 Å². The highest BCUT2D eigenvalue weighted by Crippen LogP contribution is 2.34. The Hall–Kier alpha value is -1.01. The Balaban J connectivity index is 1.44. The number of alkyl halides is 3. The number of furan rings is 1. The van der Waals surface area contributed by atoms with E-state index in [9.17, 15) is 13.2 Å². The van der Waals surface area contributed by atoms with Crippen LogP contribution in [0.3, 0.4) is 0 Å². The van der Waals surface area contributed by atoms with Crippen LogP contribution in [0, 0.1) is 5.92 Å². The van der Waals surface area contributed by atoms with Crippen LogP contribution in [0.2, 0.25) is 0 Å². The summed E-state index contributed by atoms with van der Waals surface area (Å²) < 4.78 is 43.3. The number of hydrogen-bond donors (Lipinski definition) is 1. The van der Waals surface area contributed by atoms with Crippen molar-refractivity contribution in [3.05, 3.63) is 23.7 Å². The van der Waals surface area contributed by atoms with Gasteiger partial charge in [0.15, 0.2) is 0 Å². The van der Waals surface area contributed by atoms with Crippen LogP contribution in [0.5, 0.6) is 0 Å². The highest BCUT2D eigenvalue weighted by molar-refractivity contribution is 5.13. The van der Waals surface area contributed by atoms with Crippen LogP contribution in [0.15, 0.2) is 16.7 Å². The van der Waals surface area contributed by atoms with Gasteiger partial charge in [-0.15, -0.1) is 0 Å². The minimum atomic E-state index is -4.04. The van der Waals surface area contributed by atoms with Crippen LogP contribution < -0.4 is 5.32 Å². The molecule has 118 valence electrons. The molecule has 1 aliphatic heterocycles. The molecule has 6 heteroatoms. The Labute approximate surface area is 122 Å². The molecule has 0 spiro atoms. The number of rotatable bonds is 5. The molecule has 0 radical (unpaired) electrons. The molecule has 1 aromatic heterocycles. The van der Waals surface area contributed by atoms with Gasteiger partial charge in [0.05, 0.1) is 18.7 Å². The van der Waals surface area contributed by atoms with Crippen molar-refractivity contribution in [1.29, 1.82) is 0 Å². The average Bonchev–Trinajstić information content (AvgIpc) is 3.16. The third kappa shape index (κ3) is 4.23. The zero-order valence-electron chi connectivity index (χ0n) is 12.0. The quantitative estimate of drug-likeness (QED) is 0.904. The van der Waals surface area contributed by atoms with E-state index in [1.165, 1.54) is 12.8 Å². The van der Waals surface area contributed by atoms with Gasteiger partial charge in [-0.2, -0.15) is 13.2 Å². The molecule has 1 saturated heterocycles. The third-order valence-electron chi connectivity index (χ3n) is 4.31. The second-order valence-electron chi connectivity index (χ2n) is 6.17. The van der Waals surface area contributed by atoms with E-state index >= 15 is 0 Å². The Morgan fingerprint density at radius 1 is 1.19 bits per heavy atom. The number of hydrogen-bond acceptors (Lipinski definition) is 3. The lowest BCUT2D eigenvalue weighted by Gasteiger charge is -2.32. The maximum absolute atomic E-state index is 12.6. The SMILES string of the molecule is FC(F)(F)C1CCN(Cc2cc(CNC3CC3)co2)CC1. The average molecular weight is 302 g/mol. The second-order valence-corrected chi connectivity index (χ2v) is 6.17. The fourth-order valence-electron chi connectivity index (χ4n) is 2.79. The third-order valence-corrected chi connectivity index (χ3v) is 4.31. The first kappa shape index (κ1) is 14.9. The molecule has 0 atom stereocenters. The van der Waals surface area contributed by atoms with Crippen LogP contribution in [0.1, 0.15) is 37.0 Å². The van der Waals surface area contributed by atoms with Crippen molar-refractivity contribution in [2.24, 2.45) is 5.92 Å². The van der Waals surface area contributed by atoms with E-state index in [0.29, 0.717) is 25.7 Å². The first-order valence-electron chi connectivity index (χ1n) is 7.59. The van der Waals surface area contributed by atoms with Crippen molar-refractivity contribution in [3.63, 3.8) is 0 Å². The van der Waals surface area contributed by atoms with Crippen LogP contribution in [-0.4, -0.2) is 30.2 Å². The number of nitrogens with zero attached hydrogens (tertiary/aromatic N) is 1. The number of piperidine rings is 1. The predicted molar refractivity (Wildman–Crippen MR) is 72.6 cm³/mol. The van der Waals surface area contributed by atoms with Crippen LogP contribution >= 0.6 is 0 Å². The van der Waals surface area contributed by atoms with Crippen LogP contribution in [0.25, 0.3) is 0 Å². The van der Waals surface area contributed by atoms with Crippen molar-refractivity contribution >= 4 is 0 Å². The molecule has 1 aromatic rings. The maximum Gasteiger partial charge on any atom is 0.391 e. The van der Waals surface area contributed by atoms with Gasteiger partial charge in [0.1, 0.15) is 5.76 Å². The molecule has 0 bridgehead atoms. The van der Waals surface area contributed by atoms with Gasteiger partial charge < -0.3 is 9.73 Å². The van der Waals surface area contributed by atoms with E-state index in [0.717, 1.165) is 17.9 Å². The molecule has 2 fully saturated rings. The van der Waals surface area contributed by atoms with Crippen LogP contribution in [0.4, 0.5) is 13.2 Å². The molecule has 3 rings (SSSR count). The minimum absolute atomic E-state index is 0.195. The molecule has 1 N–H and O–H groups in total. The standard InChI is InChI=1S/C15H21F3N2O/c16-15(17,18)12-3-5-20(6-4-12)9-14-7-11(10-21-14)8-19-13-1-2-13/h7,10,12-13,19H,1-6,8-9H2. The molecular formula is C15H21F3N2O. The Bertz CT molecular complexity index is 460. The molecule has 3 nitrogen and oxygen atoms in total. The van der Waals surface area contributed by atoms with E-state index in [2.05, 4.69) is 5.32 Å². The minimum Gasteiger partial charge on any atom is -0.468 e. The monoisotopic (exact) mass is 302 g/mol. The summed E-state index contributed by atoms with van der Waals surface area (Å²) in [7, 11) is 0. The van der Waals surface area contributed by atoms with Gasteiger partial charge in [0.2, 0.25) is 0 Å². The summed E-state index contributed by atoms with van der Waals surface area (Å²) in [6, 6.07) is 2.66. The summed E-state index contributed by atoms with van der Waals surface area (Å²) in [5, 5.41) is 3.41. The molecule has 21 heavy (non-hydrogen) atoms. The second kappa shape index (κ2) is 6.01. The first-order chi connectivity index (χ1) is 10.0. The highest BCUT2D eigenvalue weighted by Gasteiger charge is 2.41. The van der Waals surface area contributed by atoms with Gasteiger partial charge in [-0.3, -0.25) is 4.90 Å². The molecular weight excluding hydrogens is 281 g/mol. The highest BCUT2D eigenvalue weighted by atomic mass is 19.4. The van der Waals surface area contributed by atoms with Crippen molar-refractivity contribution in [2.45, 2.75) is 51.0 Å². The Morgan fingerprint density at radius 3 is 2.52 bits per heavy atom. The smallest absolute Gasteiger partial charge is 0.391 e. The number of likely N-dealkylation sites (tertiary alicyclic amines) is 1. The number of halogens is 3. The molecule has 0 amide bonds. The van der Waals surface area contributed by atoms with Gasteiger partial charge >= 0.3 is 6.18 Å². The first-order valence-corrected chi connectivity index (χ1v) is 7.59. The van der Waals surface area contributed by atoms with E-state index in [-0.39, 0.29) is 12.8 Å². The largest absolute Gasteiger partial charge is 0.468 e. The van der Waals surface area contributed by atoms with Gasteiger partial charge in [0, 0.05) is 18.2 Å². The van der Waals surface area contributed by atoms with E-state index in [1.807, 2.05) is 11.0 Å². The zero-order chi connectivity index (χ0) is 14.9. The summed E-state index contributed by atoms with van der Waals surface area (Å²) >= 11 is 0. The molecule has 1 saturated carbocycles. The van der Waals surface area contributed by atoms with E-state index in [4.69, 9.17) is 4.42 Å². The lowest BCUT2D eigenvalue weighted by atomic mass is 9.96. The summed E-state index contributed by atoms with van der Waals surface area (Å²) in [5.74, 6) is -0.295. The topological polar surface area (TPSA) is 28.4 Å². The predicted octanol–water partition coefficient (Wildman–Crippen LogP) is 3.31. The van der Waals surface area contributed by atoms with Crippen molar-refractivity contribution < 1.29 is 17.6 Å². The Morgan fingerprint density at radius 2 is 1.90 bits per heavy atom. The lowest BCUT2D eigenvalue weighted by molar-refractivity contribution is -0.185. The molecule has 2 heterocycles. The van der Waals surface area contributed by atoms with Crippen molar-refractivity contribution in [3.8, 4) is 0 Å². The van der Waals surface area contributed by atoms with Crippen molar-refractivity contribution in [1.82, 2.24) is 10.2 Å². The zero-order valence-corrected chi connectivity index (χ0v) is 12.0.